The molecule has 3 nitrogen and oxygen atoms in total. The zero-order valence-corrected chi connectivity index (χ0v) is 9.78. The van der Waals surface area contributed by atoms with Gasteiger partial charge in [0, 0.05) is 41.6 Å². The van der Waals surface area contributed by atoms with E-state index >= 15 is 0 Å². The van der Waals surface area contributed by atoms with Gasteiger partial charge in [-0.2, -0.15) is 0 Å². The van der Waals surface area contributed by atoms with Gasteiger partial charge in [-0.25, -0.2) is 0 Å². The molecule has 0 radical (unpaired) electrons. The van der Waals surface area contributed by atoms with Gasteiger partial charge in [0.2, 0.25) is 0 Å². The second-order valence-corrected chi connectivity index (χ2v) is 4.20. The fourth-order valence-corrected chi connectivity index (χ4v) is 2.17. The highest BCUT2D eigenvalue weighted by molar-refractivity contribution is 5.97. The molecule has 0 bridgehead atoms. The number of carbonyl (C=O) groups is 1. The van der Waals surface area contributed by atoms with E-state index in [0.717, 1.165) is 29.3 Å². The number of fused-ring (bicyclic) bond motifs is 1. The second kappa shape index (κ2) is 4.45. The lowest BCUT2D eigenvalue weighted by Crippen LogP contribution is -1.97. The minimum absolute atomic E-state index is 0.737. The van der Waals surface area contributed by atoms with Crippen molar-refractivity contribution in [2.45, 2.75) is 6.54 Å². The van der Waals surface area contributed by atoms with Crippen LogP contribution in [0.25, 0.3) is 10.9 Å². The Balaban J connectivity index is 2.06. The van der Waals surface area contributed by atoms with Crippen molar-refractivity contribution in [2.75, 3.05) is 0 Å². The first-order valence-corrected chi connectivity index (χ1v) is 5.80. The molecule has 0 spiro atoms. The summed E-state index contributed by atoms with van der Waals surface area (Å²) in [5, 5.41) is 1.00. The third-order valence-electron chi connectivity index (χ3n) is 3.08. The lowest BCUT2D eigenvalue weighted by atomic mass is 10.1. The van der Waals surface area contributed by atoms with E-state index in [9.17, 15) is 4.79 Å². The fraction of sp³-hybridized carbons (Fsp3) is 0.0667. The van der Waals surface area contributed by atoms with Gasteiger partial charge in [-0.15, -0.1) is 0 Å². The Bertz CT molecular complexity index is 686. The van der Waals surface area contributed by atoms with Crippen LogP contribution in [0.5, 0.6) is 0 Å². The van der Waals surface area contributed by atoms with E-state index in [1.54, 1.807) is 12.4 Å². The second-order valence-electron chi connectivity index (χ2n) is 4.20. The predicted molar refractivity (Wildman–Crippen MR) is 70.7 cm³/mol. The molecule has 0 aliphatic heterocycles. The van der Waals surface area contributed by atoms with Crippen LogP contribution in [0.15, 0.2) is 55.0 Å². The van der Waals surface area contributed by atoms with Crippen LogP contribution in [0.1, 0.15) is 15.9 Å². The number of aldehydes is 1. The van der Waals surface area contributed by atoms with Gasteiger partial charge in [-0.1, -0.05) is 12.1 Å². The number of pyridine rings is 1. The summed E-state index contributed by atoms with van der Waals surface area (Å²) in [6.45, 7) is 0.786. The van der Waals surface area contributed by atoms with Crippen LogP contribution in [-0.2, 0) is 6.54 Å². The molecular weight excluding hydrogens is 224 g/mol. The first-order chi connectivity index (χ1) is 8.88. The quantitative estimate of drug-likeness (QED) is 0.655. The zero-order chi connectivity index (χ0) is 12.4. The van der Waals surface area contributed by atoms with Crippen molar-refractivity contribution in [1.29, 1.82) is 0 Å². The molecule has 0 aliphatic carbocycles. The van der Waals surface area contributed by atoms with Crippen molar-refractivity contribution in [3.05, 3.63) is 66.1 Å². The van der Waals surface area contributed by atoms with Crippen LogP contribution in [0.2, 0.25) is 0 Å². The molecular formula is C15H12N2O. The molecule has 3 aromatic rings. The Labute approximate surface area is 105 Å². The van der Waals surface area contributed by atoms with Gasteiger partial charge in [0.25, 0.3) is 0 Å². The summed E-state index contributed by atoms with van der Waals surface area (Å²) < 4.78 is 2.14. The zero-order valence-electron chi connectivity index (χ0n) is 9.78. The van der Waals surface area contributed by atoms with E-state index in [1.165, 1.54) is 5.56 Å². The SMILES string of the molecule is O=Cc1cccc2c1ccn2Cc1ccncc1. The molecule has 0 fully saturated rings. The first-order valence-electron chi connectivity index (χ1n) is 5.80. The van der Waals surface area contributed by atoms with Crippen molar-refractivity contribution >= 4 is 17.2 Å². The maximum atomic E-state index is 11.0. The smallest absolute Gasteiger partial charge is 0.150 e. The van der Waals surface area contributed by atoms with Crippen LogP contribution >= 0.6 is 0 Å². The molecule has 0 saturated heterocycles. The van der Waals surface area contributed by atoms with Gasteiger partial charge in [0.15, 0.2) is 6.29 Å². The Morgan fingerprint density at radius 3 is 2.72 bits per heavy atom. The molecule has 3 heteroatoms. The Kier molecular flexibility index (Phi) is 2.65. The number of hydrogen-bond acceptors (Lipinski definition) is 2. The van der Waals surface area contributed by atoms with Crippen molar-refractivity contribution in [2.24, 2.45) is 0 Å². The minimum Gasteiger partial charge on any atom is -0.343 e. The van der Waals surface area contributed by atoms with Crippen LogP contribution in [0, 0.1) is 0 Å². The van der Waals surface area contributed by atoms with Gasteiger partial charge in [-0.3, -0.25) is 9.78 Å². The van der Waals surface area contributed by atoms with Gasteiger partial charge in [0.1, 0.15) is 0 Å². The van der Waals surface area contributed by atoms with E-state index in [2.05, 4.69) is 9.55 Å². The summed E-state index contributed by atoms with van der Waals surface area (Å²) in [5.41, 5.74) is 3.01. The van der Waals surface area contributed by atoms with Crippen molar-refractivity contribution in [3.8, 4) is 0 Å². The largest absolute Gasteiger partial charge is 0.343 e. The molecule has 2 aromatic heterocycles. The van der Waals surface area contributed by atoms with Crippen molar-refractivity contribution in [3.63, 3.8) is 0 Å². The van der Waals surface area contributed by atoms with E-state index in [0.29, 0.717) is 0 Å². The van der Waals surface area contributed by atoms with Crippen molar-refractivity contribution < 1.29 is 4.79 Å². The number of carbonyl (C=O) groups excluding carboxylic acids is 1. The van der Waals surface area contributed by atoms with E-state index in [1.807, 2.05) is 42.6 Å². The highest BCUT2D eigenvalue weighted by atomic mass is 16.1. The van der Waals surface area contributed by atoms with E-state index in [4.69, 9.17) is 0 Å². The molecule has 0 atom stereocenters. The van der Waals surface area contributed by atoms with Crippen LogP contribution in [0.4, 0.5) is 0 Å². The van der Waals surface area contributed by atoms with Gasteiger partial charge < -0.3 is 4.57 Å². The highest BCUT2D eigenvalue weighted by Crippen LogP contribution is 2.20. The monoisotopic (exact) mass is 236 g/mol. The Hall–Kier alpha value is -2.42. The molecule has 0 unspecified atom stereocenters. The number of hydrogen-bond donors (Lipinski definition) is 0. The number of rotatable bonds is 3. The number of aromatic nitrogens is 2. The lowest BCUT2D eigenvalue weighted by Gasteiger charge is -2.05. The third-order valence-corrected chi connectivity index (χ3v) is 3.08. The Morgan fingerprint density at radius 1 is 1.11 bits per heavy atom. The average Bonchev–Trinajstić information content (AvgIpc) is 2.83. The van der Waals surface area contributed by atoms with Gasteiger partial charge >= 0.3 is 0 Å². The molecule has 0 N–H and O–H groups in total. The summed E-state index contributed by atoms with van der Waals surface area (Å²) in [6.07, 6.45) is 6.49. The summed E-state index contributed by atoms with van der Waals surface area (Å²) >= 11 is 0. The summed E-state index contributed by atoms with van der Waals surface area (Å²) in [5.74, 6) is 0. The van der Waals surface area contributed by atoms with Crippen molar-refractivity contribution in [1.82, 2.24) is 9.55 Å². The highest BCUT2D eigenvalue weighted by Gasteiger charge is 2.05. The topological polar surface area (TPSA) is 34.9 Å². The molecule has 1 aromatic carbocycles. The minimum atomic E-state index is 0.737. The average molecular weight is 236 g/mol. The molecule has 0 saturated carbocycles. The Morgan fingerprint density at radius 2 is 1.94 bits per heavy atom. The van der Waals surface area contributed by atoms with Gasteiger partial charge in [0.05, 0.1) is 0 Å². The van der Waals surface area contributed by atoms with Crippen LogP contribution in [-0.4, -0.2) is 15.8 Å². The predicted octanol–water partition coefficient (Wildman–Crippen LogP) is 2.90. The van der Waals surface area contributed by atoms with E-state index in [-0.39, 0.29) is 0 Å². The number of benzene rings is 1. The maximum Gasteiger partial charge on any atom is 0.150 e. The third kappa shape index (κ3) is 1.80. The molecule has 0 aliphatic rings. The number of nitrogens with zero attached hydrogens (tertiary/aromatic N) is 2. The standard InChI is InChI=1S/C15H12N2O/c18-11-13-2-1-3-15-14(13)6-9-17(15)10-12-4-7-16-8-5-12/h1-9,11H,10H2. The first kappa shape index (κ1) is 10.7. The van der Waals surface area contributed by atoms with Crippen LogP contribution < -0.4 is 0 Å². The fourth-order valence-electron chi connectivity index (χ4n) is 2.17. The molecule has 18 heavy (non-hydrogen) atoms. The van der Waals surface area contributed by atoms with Gasteiger partial charge in [-0.05, 0) is 29.8 Å². The summed E-state index contributed by atoms with van der Waals surface area (Å²) in [4.78, 5) is 15.0. The summed E-state index contributed by atoms with van der Waals surface area (Å²) in [6, 6.07) is 11.8. The normalized spacial score (nSPS) is 10.7. The molecule has 88 valence electrons. The maximum absolute atomic E-state index is 11.0. The molecule has 3 rings (SSSR count). The molecule has 0 amide bonds. The summed E-state index contributed by atoms with van der Waals surface area (Å²) in [7, 11) is 0. The lowest BCUT2D eigenvalue weighted by molar-refractivity contribution is 0.112. The van der Waals surface area contributed by atoms with E-state index < -0.39 is 0 Å². The van der Waals surface area contributed by atoms with Crippen LogP contribution in [0.3, 0.4) is 0 Å². The molecule has 2 heterocycles.